The first-order chi connectivity index (χ1) is 7.95. The Morgan fingerprint density at radius 2 is 2.18 bits per heavy atom. The van der Waals surface area contributed by atoms with Crippen LogP contribution in [-0.2, 0) is 9.47 Å². The standard InChI is InChI=1S/C11H20N2O4/c1-8-5-4-6-13(8,10(12)14)11(15)17-9(2)7-16-3/h8-9H,4-7H2,1-3H3,(H-,12,14)/p+1/t8-,9+,13?/m1/s1. The van der Waals surface area contributed by atoms with Crippen LogP contribution >= 0.6 is 0 Å². The fourth-order valence-corrected chi connectivity index (χ4v) is 2.30. The van der Waals surface area contributed by atoms with Gasteiger partial charge in [0.25, 0.3) is 0 Å². The number of methoxy groups -OCH3 is 1. The molecule has 0 spiro atoms. The van der Waals surface area contributed by atoms with E-state index in [1.807, 2.05) is 6.92 Å². The maximum Gasteiger partial charge on any atom is 0.525 e. The highest BCUT2D eigenvalue weighted by molar-refractivity contribution is 5.79. The summed E-state index contributed by atoms with van der Waals surface area (Å²) < 4.78 is 9.71. The number of amides is 3. The molecule has 1 unspecified atom stereocenters. The number of carbonyl (C=O) groups excluding carboxylic acids is 2. The van der Waals surface area contributed by atoms with Crippen molar-refractivity contribution < 1.29 is 23.5 Å². The molecule has 3 atom stereocenters. The molecular formula is C11H21N2O4+. The van der Waals surface area contributed by atoms with Gasteiger partial charge >= 0.3 is 12.1 Å². The number of hydrogen-bond acceptors (Lipinski definition) is 4. The van der Waals surface area contributed by atoms with E-state index in [2.05, 4.69) is 0 Å². The highest BCUT2D eigenvalue weighted by Crippen LogP contribution is 2.28. The topological polar surface area (TPSA) is 78.6 Å². The molecule has 1 rings (SSSR count). The number of imide groups is 1. The summed E-state index contributed by atoms with van der Waals surface area (Å²) in [6.07, 6.45) is 0.663. The molecule has 1 aliphatic rings. The average Bonchev–Trinajstić information content (AvgIpc) is 2.61. The number of nitrogens with two attached hydrogens (primary N) is 1. The number of nitrogens with zero attached hydrogens (tertiary/aromatic N) is 1. The summed E-state index contributed by atoms with van der Waals surface area (Å²) in [6.45, 7) is 4.30. The smallest absolute Gasteiger partial charge is 0.414 e. The van der Waals surface area contributed by atoms with Crippen LogP contribution in [0.3, 0.4) is 0 Å². The minimum atomic E-state index is -0.635. The van der Waals surface area contributed by atoms with Gasteiger partial charge in [-0.25, -0.2) is 4.79 Å². The molecule has 2 N–H and O–H groups in total. The SMILES string of the molecule is COC[C@H](C)OC(=O)[N+]1(C(N)=O)CCC[C@H]1C. The number of urea groups is 1. The summed E-state index contributed by atoms with van der Waals surface area (Å²) >= 11 is 0. The van der Waals surface area contributed by atoms with Crippen molar-refractivity contribution in [3.05, 3.63) is 0 Å². The van der Waals surface area contributed by atoms with E-state index in [0.717, 1.165) is 12.8 Å². The third kappa shape index (κ3) is 2.58. The van der Waals surface area contributed by atoms with E-state index >= 15 is 0 Å². The number of carbonyl (C=O) groups is 2. The van der Waals surface area contributed by atoms with Crippen molar-refractivity contribution in [3.8, 4) is 0 Å². The van der Waals surface area contributed by atoms with Crippen molar-refractivity contribution in [2.24, 2.45) is 5.73 Å². The Morgan fingerprint density at radius 3 is 2.59 bits per heavy atom. The van der Waals surface area contributed by atoms with Crippen molar-refractivity contribution in [1.82, 2.24) is 0 Å². The molecule has 0 aliphatic carbocycles. The molecule has 1 fully saturated rings. The first-order valence-electron chi connectivity index (χ1n) is 5.83. The zero-order valence-electron chi connectivity index (χ0n) is 10.6. The fourth-order valence-electron chi connectivity index (χ4n) is 2.30. The van der Waals surface area contributed by atoms with Gasteiger partial charge in [0.15, 0.2) is 0 Å². The van der Waals surface area contributed by atoms with Gasteiger partial charge < -0.3 is 15.2 Å². The van der Waals surface area contributed by atoms with E-state index < -0.39 is 16.6 Å². The Hall–Kier alpha value is -1.14. The van der Waals surface area contributed by atoms with Crippen LogP contribution in [-0.4, -0.2) is 49.0 Å². The van der Waals surface area contributed by atoms with Crippen molar-refractivity contribution in [3.63, 3.8) is 0 Å². The van der Waals surface area contributed by atoms with E-state index in [4.69, 9.17) is 15.2 Å². The molecule has 0 aromatic rings. The number of quaternary nitrogens is 1. The second kappa shape index (κ2) is 5.46. The molecule has 3 amide bonds. The summed E-state index contributed by atoms with van der Waals surface area (Å²) in [7, 11) is 1.53. The lowest BCUT2D eigenvalue weighted by molar-refractivity contribution is -0.787. The van der Waals surface area contributed by atoms with Gasteiger partial charge in [-0.15, -0.1) is 4.48 Å². The maximum atomic E-state index is 12.1. The molecule has 0 bridgehead atoms. The third-order valence-electron chi connectivity index (χ3n) is 3.31. The van der Waals surface area contributed by atoms with E-state index in [9.17, 15) is 9.59 Å². The van der Waals surface area contributed by atoms with E-state index in [1.54, 1.807) is 6.92 Å². The van der Waals surface area contributed by atoms with Crippen LogP contribution < -0.4 is 5.73 Å². The van der Waals surface area contributed by atoms with Gasteiger partial charge in [-0.2, -0.15) is 4.79 Å². The normalized spacial score (nSPS) is 29.9. The van der Waals surface area contributed by atoms with Gasteiger partial charge in [-0.1, -0.05) is 0 Å². The van der Waals surface area contributed by atoms with Crippen LogP contribution in [0.15, 0.2) is 0 Å². The van der Waals surface area contributed by atoms with E-state index in [1.165, 1.54) is 7.11 Å². The molecule has 0 aromatic heterocycles. The van der Waals surface area contributed by atoms with Crippen LogP contribution in [0.4, 0.5) is 9.59 Å². The van der Waals surface area contributed by atoms with Crippen LogP contribution in [0.5, 0.6) is 0 Å². The highest BCUT2D eigenvalue weighted by Gasteiger charge is 2.53. The van der Waals surface area contributed by atoms with Crippen LogP contribution in [0.25, 0.3) is 0 Å². The summed E-state index contributed by atoms with van der Waals surface area (Å²) in [4.78, 5) is 23.7. The molecule has 0 aromatic carbocycles. The summed E-state index contributed by atoms with van der Waals surface area (Å²) in [6, 6.07) is -0.751. The third-order valence-corrected chi connectivity index (χ3v) is 3.31. The molecule has 1 heterocycles. The fraction of sp³-hybridized carbons (Fsp3) is 0.818. The molecule has 0 saturated carbocycles. The number of hydrogen-bond donors (Lipinski definition) is 1. The maximum absolute atomic E-state index is 12.1. The molecule has 1 saturated heterocycles. The monoisotopic (exact) mass is 245 g/mol. The van der Waals surface area contributed by atoms with Crippen molar-refractivity contribution in [2.45, 2.75) is 38.8 Å². The Balaban J connectivity index is 2.79. The number of primary amides is 1. The molecule has 98 valence electrons. The minimum Gasteiger partial charge on any atom is -0.414 e. The van der Waals surface area contributed by atoms with Crippen LogP contribution in [0, 0.1) is 0 Å². The molecule has 6 nitrogen and oxygen atoms in total. The lowest BCUT2D eigenvalue weighted by Crippen LogP contribution is -2.62. The summed E-state index contributed by atoms with van der Waals surface area (Å²) in [5.74, 6) is 0. The molecule has 17 heavy (non-hydrogen) atoms. The second-order valence-corrected chi connectivity index (χ2v) is 4.57. The van der Waals surface area contributed by atoms with Gasteiger partial charge in [-0.05, 0) is 13.8 Å². The van der Waals surface area contributed by atoms with Gasteiger partial charge in [0, 0.05) is 20.0 Å². The van der Waals surface area contributed by atoms with E-state index in [0.29, 0.717) is 13.2 Å². The summed E-state index contributed by atoms with van der Waals surface area (Å²) in [5.41, 5.74) is 5.37. The Kier molecular flexibility index (Phi) is 4.47. The minimum absolute atomic E-state index is 0.116. The zero-order valence-corrected chi connectivity index (χ0v) is 10.6. The number of likely N-dealkylation sites (tertiary alicyclic amines) is 1. The lowest BCUT2D eigenvalue weighted by Gasteiger charge is -2.30. The van der Waals surface area contributed by atoms with Gasteiger partial charge in [0.1, 0.15) is 12.1 Å². The first kappa shape index (κ1) is 13.9. The first-order valence-corrected chi connectivity index (χ1v) is 5.83. The predicted octanol–water partition coefficient (Wildman–Crippen LogP) is 1.24. The predicted molar refractivity (Wildman–Crippen MR) is 61.2 cm³/mol. The molecule has 0 radical (unpaired) electrons. The number of ether oxygens (including phenoxy) is 2. The average molecular weight is 245 g/mol. The van der Waals surface area contributed by atoms with E-state index in [-0.39, 0.29) is 12.1 Å². The highest BCUT2D eigenvalue weighted by atomic mass is 16.6. The lowest BCUT2D eigenvalue weighted by atomic mass is 10.2. The van der Waals surface area contributed by atoms with Crippen LogP contribution in [0.1, 0.15) is 26.7 Å². The van der Waals surface area contributed by atoms with Crippen molar-refractivity contribution in [1.29, 1.82) is 0 Å². The van der Waals surface area contributed by atoms with Crippen molar-refractivity contribution >= 4 is 12.1 Å². The second-order valence-electron chi connectivity index (χ2n) is 4.57. The molecular weight excluding hydrogens is 224 g/mol. The summed E-state index contributed by atoms with van der Waals surface area (Å²) in [5, 5.41) is 0. The van der Waals surface area contributed by atoms with Crippen LogP contribution in [0.2, 0.25) is 0 Å². The largest absolute Gasteiger partial charge is 0.525 e. The van der Waals surface area contributed by atoms with Gasteiger partial charge in [-0.3, -0.25) is 0 Å². The van der Waals surface area contributed by atoms with Gasteiger partial charge in [0.05, 0.1) is 13.2 Å². The Labute approximate surface area is 101 Å². The molecule has 6 heteroatoms. The Bertz CT molecular complexity index is 308. The quantitative estimate of drug-likeness (QED) is 0.759. The van der Waals surface area contributed by atoms with Gasteiger partial charge in [0.2, 0.25) is 0 Å². The number of rotatable bonds is 3. The molecule has 1 aliphatic heterocycles. The van der Waals surface area contributed by atoms with Crippen molar-refractivity contribution in [2.75, 3.05) is 20.3 Å². The Morgan fingerprint density at radius 1 is 1.53 bits per heavy atom. The zero-order chi connectivity index (χ0) is 13.1.